The Morgan fingerprint density at radius 1 is 1.11 bits per heavy atom. The van der Waals surface area contributed by atoms with Crippen LogP contribution in [0.5, 0.6) is 5.75 Å². The van der Waals surface area contributed by atoms with Crippen molar-refractivity contribution in [1.82, 2.24) is 14.7 Å². The van der Waals surface area contributed by atoms with Gasteiger partial charge in [-0.15, -0.1) is 0 Å². The predicted octanol–water partition coefficient (Wildman–Crippen LogP) is 5.48. The monoisotopic (exact) mass is 515 g/mol. The highest BCUT2D eigenvalue weighted by molar-refractivity contribution is 5.78. The van der Waals surface area contributed by atoms with Crippen LogP contribution in [-0.2, 0) is 9.53 Å². The molecule has 1 amide bonds. The minimum absolute atomic E-state index is 0.309. The molecule has 2 fully saturated rings. The van der Waals surface area contributed by atoms with Gasteiger partial charge in [-0.25, -0.2) is 0 Å². The van der Waals surface area contributed by atoms with Crippen molar-refractivity contribution in [3.05, 3.63) is 29.3 Å². The quantitative estimate of drug-likeness (QED) is 0.289. The Morgan fingerprint density at radius 2 is 1.89 bits per heavy atom. The number of hydrogen-bond donors (Lipinski definition) is 0. The molecule has 3 rings (SSSR count). The van der Waals surface area contributed by atoms with Crippen molar-refractivity contribution in [1.29, 1.82) is 0 Å². The second-order valence-corrected chi connectivity index (χ2v) is 11.6. The van der Waals surface area contributed by atoms with Gasteiger partial charge >= 0.3 is 0 Å². The Morgan fingerprint density at radius 3 is 2.57 bits per heavy atom. The van der Waals surface area contributed by atoms with Crippen molar-refractivity contribution >= 4 is 5.91 Å². The van der Waals surface area contributed by atoms with E-state index in [-0.39, 0.29) is 0 Å². The molecule has 0 aromatic heterocycles. The van der Waals surface area contributed by atoms with Gasteiger partial charge in [-0.3, -0.25) is 9.69 Å². The second-order valence-electron chi connectivity index (χ2n) is 11.6. The molecule has 210 valence electrons. The van der Waals surface area contributed by atoms with Crippen molar-refractivity contribution in [2.75, 3.05) is 60.5 Å². The molecule has 3 atom stereocenters. The Kier molecular flexibility index (Phi) is 12.7. The number of methoxy groups -OCH3 is 1. The first-order valence-corrected chi connectivity index (χ1v) is 14.8. The Labute approximate surface area is 226 Å². The van der Waals surface area contributed by atoms with E-state index in [4.69, 9.17) is 9.47 Å². The maximum absolute atomic E-state index is 13.6. The van der Waals surface area contributed by atoms with Gasteiger partial charge < -0.3 is 19.3 Å². The standard InChI is InChI=1S/C31H53N3O3/c1-6-7-18-33(19-10-9-17-32(3)4)31(35)24-34-23-27(26-13-16-30(36-5)25(2)21-26)22-28(34)14-15-29-12-8-11-20-37-29/h13,16,21,27-29H,6-12,14-15,17-20,22-24H2,1-5H3/t27-,28+,29?/m1/s1. The van der Waals surface area contributed by atoms with Crippen molar-refractivity contribution in [2.24, 2.45) is 0 Å². The highest BCUT2D eigenvalue weighted by Gasteiger charge is 2.35. The average Bonchev–Trinajstić information content (AvgIpc) is 3.29. The van der Waals surface area contributed by atoms with Crippen molar-refractivity contribution < 1.29 is 14.3 Å². The van der Waals surface area contributed by atoms with Crippen LogP contribution >= 0.6 is 0 Å². The van der Waals surface area contributed by atoms with Gasteiger partial charge in [-0.1, -0.05) is 25.5 Å². The predicted molar refractivity (Wildman–Crippen MR) is 153 cm³/mol. The molecular formula is C31H53N3O3. The molecule has 1 aromatic carbocycles. The number of aryl methyl sites for hydroxylation is 1. The zero-order chi connectivity index (χ0) is 26.6. The molecular weight excluding hydrogens is 462 g/mol. The summed E-state index contributed by atoms with van der Waals surface area (Å²) in [6.07, 6.45) is 11.8. The zero-order valence-corrected chi connectivity index (χ0v) is 24.3. The van der Waals surface area contributed by atoms with Crippen molar-refractivity contribution in [2.45, 2.75) is 96.1 Å². The third-order valence-electron chi connectivity index (χ3n) is 8.27. The summed E-state index contributed by atoms with van der Waals surface area (Å²) in [4.78, 5) is 20.5. The van der Waals surface area contributed by atoms with Gasteiger partial charge in [0.15, 0.2) is 0 Å². The lowest BCUT2D eigenvalue weighted by atomic mass is 9.92. The summed E-state index contributed by atoms with van der Waals surface area (Å²) in [5.74, 6) is 1.71. The molecule has 2 aliphatic rings. The molecule has 1 aromatic rings. The first-order valence-electron chi connectivity index (χ1n) is 14.8. The number of amides is 1. The fourth-order valence-electron chi connectivity index (χ4n) is 6.00. The van der Waals surface area contributed by atoms with E-state index >= 15 is 0 Å². The van der Waals surface area contributed by atoms with Gasteiger partial charge in [0.2, 0.25) is 5.91 Å². The van der Waals surface area contributed by atoms with Crippen LogP contribution in [0.3, 0.4) is 0 Å². The van der Waals surface area contributed by atoms with E-state index in [1.807, 2.05) is 0 Å². The number of ether oxygens (including phenoxy) is 2. The third kappa shape index (κ3) is 9.56. The average molecular weight is 516 g/mol. The summed E-state index contributed by atoms with van der Waals surface area (Å²) < 4.78 is 11.5. The number of unbranched alkanes of at least 4 members (excludes halogenated alkanes) is 2. The number of benzene rings is 1. The van der Waals surface area contributed by atoms with Gasteiger partial charge in [0.1, 0.15) is 5.75 Å². The van der Waals surface area contributed by atoms with Gasteiger partial charge in [0.25, 0.3) is 0 Å². The van der Waals surface area contributed by atoms with E-state index in [9.17, 15) is 4.79 Å². The van der Waals surface area contributed by atoms with Crippen LogP contribution in [0.4, 0.5) is 0 Å². The molecule has 1 unspecified atom stereocenters. The van der Waals surface area contributed by atoms with Gasteiger partial charge in [-0.05, 0) is 108 Å². The maximum Gasteiger partial charge on any atom is 0.236 e. The van der Waals surface area contributed by atoms with Crippen LogP contribution in [-0.4, -0.2) is 93.3 Å². The van der Waals surface area contributed by atoms with E-state index < -0.39 is 0 Å². The molecule has 0 saturated carbocycles. The molecule has 0 radical (unpaired) electrons. The molecule has 0 N–H and O–H groups in total. The maximum atomic E-state index is 13.6. The fraction of sp³-hybridized carbons (Fsp3) is 0.774. The number of carbonyl (C=O) groups is 1. The lowest BCUT2D eigenvalue weighted by molar-refractivity contribution is -0.132. The van der Waals surface area contributed by atoms with E-state index in [0.717, 1.165) is 83.5 Å². The molecule has 0 aliphatic carbocycles. The van der Waals surface area contributed by atoms with Crippen LogP contribution < -0.4 is 4.74 Å². The van der Waals surface area contributed by atoms with Gasteiger partial charge in [0.05, 0.1) is 19.8 Å². The number of likely N-dealkylation sites (tertiary alicyclic amines) is 1. The first-order chi connectivity index (χ1) is 17.9. The smallest absolute Gasteiger partial charge is 0.236 e. The molecule has 2 heterocycles. The zero-order valence-electron chi connectivity index (χ0n) is 24.3. The Balaban J connectivity index is 1.66. The normalized spacial score (nSPS) is 22.5. The topological polar surface area (TPSA) is 45.2 Å². The van der Waals surface area contributed by atoms with Gasteiger partial charge in [-0.2, -0.15) is 0 Å². The number of hydrogen-bond acceptors (Lipinski definition) is 5. The minimum atomic E-state index is 0.309. The van der Waals surface area contributed by atoms with E-state index in [1.165, 1.54) is 30.4 Å². The summed E-state index contributed by atoms with van der Waals surface area (Å²) >= 11 is 0. The van der Waals surface area contributed by atoms with Crippen molar-refractivity contribution in [3.8, 4) is 5.75 Å². The number of rotatable bonds is 15. The van der Waals surface area contributed by atoms with Crippen LogP contribution in [0.2, 0.25) is 0 Å². The van der Waals surface area contributed by atoms with Crippen LogP contribution in [0, 0.1) is 6.92 Å². The lowest BCUT2D eigenvalue weighted by Gasteiger charge is -2.30. The molecule has 0 spiro atoms. The van der Waals surface area contributed by atoms with Crippen LogP contribution in [0.1, 0.15) is 88.2 Å². The molecule has 6 heteroatoms. The summed E-state index contributed by atoms with van der Waals surface area (Å²) in [5.41, 5.74) is 2.56. The Bertz CT molecular complexity index is 809. The largest absolute Gasteiger partial charge is 0.496 e. The first kappa shape index (κ1) is 29.9. The molecule has 2 aliphatic heterocycles. The van der Waals surface area contributed by atoms with E-state index in [1.54, 1.807) is 7.11 Å². The number of carbonyl (C=O) groups excluding carboxylic acids is 1. The number of nitrogens with zero attached hydrogens (tertiary/aromatic N) is 3. The second kappa shape index (κ2) is 15.7. The highest BCUT2D eigenvalue weighted by Crippen LogP contribution is 2.36. The highest BCUT2D eigenvalue weighted by atomic mass is 16.5. The summed E-state index contributed by atoms with van der Waals surface area (Å²) in [6.45, 7) is 9.57. The Hall–Kier alpha value is -1.63. The molecule has 6 nitrogen and oxygen atoms in total. The van der Waals surface area contributed by atoms with Crippen LogP contribution in [0.15, 0.2) is 18.2 Å². The molecule has 37 heavy (non-hydrogen) atoms. The van der Waals surface area contributed by atoms with E-state index in [2.05, 4.69) is 60.8 Å². The molecule has 2 saturated heterocycles. The molecule has 0 bridgehead atoms. The van der Waals surface area contributed by atoms with Gasteiger partial charge in [0, 0.05) is 32.3 Å². The minimum Gasteiger partial charge on any atom is -0.496 e. The summed E-state index contributed by atoms with van der Waals surface area (Å²) in [6, 6.07) is 7.04. The summed E-state index contributed by atoms with van der Waals surface area (Å²) in [7, 11) is 5.97. The fourth-order valence-corrected chi connectivity index (χ4v) is 6.00. The lowest BCUT2D eigenvalue weighted by Crippen LogP contribution is -2.43. The van der Waals surface area contributed by atoms with Crippen LogP contribution in [0.25, 0.3) is 0 Å². The van der Waals surface area contributed by atoms with Crippen molar-refractivity contribution in [3.63, 3.8) is 0 Å². The third-order valence-corrected chi connectivity index (χ3v) is 8.27. The SMILES string of the molecule is CCCCN(CCCCN(C)C)C(=O)CN1C[C@H](c2ccc(OC)c(C)c2)C[C@@H]1CCC1CCCCO1. The van der Waals surface area contributed by atoms with E-state index in [0.29, 0.717) is 30.5 Å². The summed E-state index contributed by atoms with van der Waals surface area (Å²) in [5, 5.41) is 0.